The number of aryl methyl sites for hydroxylation is 1. The predicted octanol–water partition coefficient (Wildman–Crippen LogP) is 1.09. The first-order valence-electron chi connectivity index (χ1n) is 6.98. The highest BCUT2D eigenvalue weighted by Crippen LogP contribution is 2.06. The molecule has 1 aromatic rings. The Hall–Kier alpha value is -2.05. The first-order chi connectivity index (χ1) is 9.81. The molecule has 2 N–H and O–H groups in total. The van der Waals surface area contributed by atoms with Crippen LogP contribution in [-0.4, -0.2) is 40.7 Å². The molecule has 1 aromatic heterocycles. The van der Waals surface area contributed by atoms with E-state index in [9.17, 15) is 9.59 Å². The molecule has 7 heteroatoms. The maximum absolute atomic E-state index is 11.5. The molecule has 0 atom stereocenters. The lowest BCUT2D eigenvalue weighted by Crippen LogP contribution is -2.33. The predicted molar refractivity (Wildman–Crippen MR) is 78.9 cm³/mol. The zero-order valence-corrected chi connectivity index (χ0v) is 13.1. The molecule has 0 saturated carbocycles. The van der Waals surface area contributed by atoms with Gasteiger partial charge in [-0.2, -0.15) is 0 Å². The van der Waals surface area contributed by atoms with Crippen molar-refractivity contribution in [2.24, 2.45) is 0 Å². The van der Waals surface area contributed by atoms with Gasteiger partial charge in [-0.1, -0.05) is 0 Å². The molecular formula is C14H24N4O3. The standard InChI is InChI=1S/C14H24N4O3/c1-14(2,3)21-13(20)17-7-5-11-9-16-10-18(11)8-6-12(19)15-4/h9-10H,5-8H2,1-4H3,(H,15,19)(H,17,20). The van der Waals surface area contributed by atoms with Crippen LogP contribution in [0.3, 0.4) is 0 Å². The van der Waals surface area contributed by atoms with E-state index in [1.54, 1.807) is 19.6 Å². The Kier molecular flexibility index (Phi) is 6.20. The number of hydrogen-bond donors (Lipinski definition) is 2. The van der Waals surface area contributed by atoms with Gasteiger partial charge in [0.05, 0.1) is 6.33 Å². The van der Waals surface area contributed by atoms with E-state index in [1.807, 2.05) is 25.3 Å². The molecule has 0 aromatic carbocycles. The van der Waals surface area contributed by atoms with Gasteiger partial charge in [-0.15, -0.1) is 0 Å². The highest BCUT2D eigenvalue weighted by atomic mass is 16.6. The van der Waals surface area contributed by atoms with E-state index in [2.05, 4.69) is 15.6 Å². The summed E-state index contributed by atoms with van der Waals surface area (Å²) < 4.78 is 7.06. The number of hydrogen-bond acceptors (Lipinski definition) is 4. The van der Waals surface area contributed by atoms with Gasteiger partial charge in [-0.25, -0.2) is 9.78 Å². The van der Waals surface area contributed by atoms with E-state index >= 15 is 0 Å². The molecule has 118 valence electrons. The molecule has 0 unspecified atom stereocenters. The second-order valence-corrected chi connectivity index (χ2v) is 5.68. The van der Waals surface area contributed by atoms with Crippen LogP contribution in [0, 0.1) is 0 Å². The van der Waals surface area contributed by atoms with E-state index in [0.29, 0.717) is 25.9 Å². The summed E-state index contributed by atoms with van der Waals surface area (Å²) in [4.78, 5) is 26.8. The number of rotatable bonds is 6. The van der Waals surface area contributed by atoms with Gasteiger partial charge >= 0.3 is 6.09 Å². The third-order valence-electron chi connectivity index (χ3n) is 2.71. The van der Waals surface area contributed by atoms with Crippen molar-refractivity contribution in [2.75, 3.05) is 13.6 Å². The van der Waals surface area contributed by atoms with Crippen molar-refractivity contribution in [3.05, 3.63) is 18.2 Å². The molecule has 0 aliphatic heterocycles. The Labute approximate surface area is 125 Å². The smallest absolute Gasteiger partial charge is 0.407 e. The summed E-state index contributed by atoms with van der Waals surface area (Å²) in [6.07, 6.45) is 4.03. The first-order valence-corrected chi connectivity index (χ1v) is 6.98. The fourth-order valence-corrected chi connectivity index (χ4v) is 1.71. The molecule has 0 bridgehead atoms. The van der Waals surface area contributed by atoms with E-state index in [4.69, 9.17) is 4.74 Å². The van der Waals surface area contributed by atoms with Crippen molar-refractivity contribution in [3.8, 4) is 0 Å². The Morgan fingerprint density at radius 3 is 2.71 bits per heavy atom. The molecular weight excluding hydrogens is 272 g/mol. The number of imidazole rings is 1. The van der Waals surface area contributed by atoms with Crippen molar-refractivity contribution < 1.29 is 14.3 Å². The van der Waals surface area contributed by atoms with Crippen molar-refractivity contribution >= 4 is 12.0 Å². The largest absolute Gasteiger partial charge is 0.444 e. The van der Waals surface area contributed by atoms with Gasteiger partial charge in [0, 0.05) is 44.9 Å². The summed E-state index contributed by atoms with van der Waals surface area (Å²) in [6, 6.07) is 0. The average molecular weight is 296 g/mol. The second kappa shape index (κ2) is 7.66. The molecule has 0 aliphatic rings. The lowest BCUT2D eigenvalue weighted by Gasteiger charge is -2.19. The van der Waals surface area contributed by atoms with Gasteiger partial charge in [0.2, 0.25) is 5.91 Å². The number of carbonyl (C=O) groups is 2. The van der Waals surface area contributed by atoms with Crippen LogP contribution in [0.1, 0.15) is 32.9 Å². The minimum Gasteiger partial charge on any atom is -0.444 e. The van der Waals surface area contributed by atoms with E-state index in [1.165, 1.54) is 0 Å². The van der Waals surface area contributed by atoms with E-state index in [-0.39, 0.29) is 5.91 Å². The number of amides is 2. The third-order valence-corrected chi connectivity index (χ3v) is 2.71. The zero-order chi connectivity index (χ0) is 15.9. The van der Waals surface area contributed by atoms with Crippen LogP contribution >= 0.6 is 0 Å². The number of carbonyl (C=O) groups excluding carboxylic acids is 2. The number of ether oxygens (including phenoxy) is 1. The van der Waals surface area contributed by atoms with Crippen LogP contribution in [-0.2, 0) is 22.5 Å². The summed E-state index contributed by atoms with van der Waals surface area (Å²) in [7, 11) is 1.61. The van der Waals surface area contributed by atoms with Gasteiger partial charge in [0.1, 0.15) is 5.60 Å². The molecule has 1 heterocycles. The molecule has 0 spiro atoms. The highest BCUT2D eigenvalue weighted by molar-refractivity contribution is 5.75. The topological polar surface area (TPSA) is 85.3 Å². The van der Waals surface area contributed by atoms with Crippen molar-refractivity contribution in [1.82, 2.24) is 20.2 Å². The molecule has 21 heavy (non-hydrogen) atoms. The quantitative estimate of drug-likeness (QED) is 0.823. The van der Waals surface area contributed by atoms with Crippen molar-refractivity contribution in [2.45, 2.75) is 45.8 Å². The molecule has 0 saturated heterocycles. The van der Waals surface area contributed by atoms with Crippen LogP contribution in [0.4, 0.5) is 4.79 Å². The lowest BCUT2D eigenvalue weighted by atomic mass is 10.2. The van der Waals surface area contributed by atoms with E-state index in [0.717, 1.165) is 5.69 Å². The Morgan fingerprint density at radius 1 is 1.38 bits per heavy atom. The maximum Gasteiger partial charge on any atom is 0.407 e. The van der Waals surface area contributed by atoms with Gasteiger partial charge in [-0.3, -0.25) is 4.79 Å². The number of aromatic nitrogens is 2. The van der Waals surface area contributed by atoms with Gasteiger partial charge in [-0.05, 0) is 20.8 Å². The van der Waals surface area contributed by atoms with Crippen molar-refractivity contribution in [3.63, 3.8) is 0 Å². The molecule has 1 rings (SSSR count). The molecule has 2 amide bonds. The summed E-state index contributed by atoms with van der Waals surface area (Å²) in [6.45, 7) is 6.49. The summed E-state index contributed by atoms with van der Waals surface area (Å²) in [5.74, 6) is -0.0125. The molecule has 7 nitrogen and oxygen atoms in total. The third kappa shape index (κ3) is 6.78. The minimum atomic E-state index is -0.501. The highest BCUT2D eigenvalue weighted by Gasteiger charge is 2.15. The SMILES string of the molecule is CNC(=O)CCn1cncc1CCNC(=O)OC(C)(C)C. The van der Waals surface area contributed by atoms with Gasteiger partial charge < -0.3 is 19.9 Å². The molecule has 0 aliphatic carbocycles. The zero-order valence-electron chi connectivity index (χ0n) is 13.1. The van der Waals surface area contributed by atoms with Crippen LogP contribution < -0.4 is 10.6 Å². The van der Waals surface area contributed by atoms with Crippen molar-refractivity contribution in [1.29, 1.82) is 0 Å². The van der Waals surface area contributed by atoms with Crippen LogP contribution in [0.5, 0.6) is 0 Å². The lowest BCUT2D eigenvalue weighted by molar-refractivity contribution is -0.120. The maximum atomic E-state index is 11.5. The first kappa shape index (κ1) is 17.0. The molecule has 0 radical (unpaired) electrons. The fraction of sp³-hybridized carbons (Fsp3) is 0.643. The second-order valence-electron chi connectivity index (χ2n) is 5.68. The van der Waals surface area contributed by atoms with Gasteiger partial charge in [0.15, 0.2) is 0 Å². The monoisotopic (exact) mass is 296 g/mol. The summed E-state index contributed by atoms with van der Waals surface area (Å²) in [5.41, 5.74) is 0.467. The van der Waals surface area contributed by atoms with Crippen LogP contribution in [0.2, 0.25) is 0 Å². The number of alkyl carbamates (subject to hydrolysis) is 1. The van der Waals surface area contributed by atoms with Gasteiger partial charge in [0.25, 0.3) is 0 Å². The van der Waals surface area contributed by atoms with Crippen LogP contribution in [0.25, 0.3) is 0 Å². The Bertz CT molecular complexity index is 477. The minimum absolute atomic E-state index is 0.0125. The van der Waals surface area contributed by atoms with Crippen LogP contribution in [0.15, 0.2) is 12.5 Å². The number of nitrogens with one attached hydrogen (secondary N) is 2. The summed E-state index contributed by atoms with van der Waals surface area (Å²) >= 11 is 0. The van der Waals surface area contributed by atoms with E-state index < -0.39 is 11.7 Å². The Balaban J connectivity index is 2.37. The number of nitrogens with zero attached hydrogens (tertiary/aromatic N) is 2. The normalized spacial score (nSPS) is 11.0. The average Bonchev–Trinajstić information content (AvgIpc) is 2.81. The Morgan fingerprint density at radius 2 is 2.10 bits per heavy atom. The molecule has 0 fully saturated rings. The fourth-order valence-electron chi connectivity index (χ4n) is 1.71. The summed E-state index contributed by atoms with van der Waals surface area (Å²) in [5, 5.41) is 5.28.